The Bertz CT molecular complexity index is 1180. The van der Waals surface area contributed by atoms with Gasteiger partial charge in [0.05, 0.1) is 17.6 Å². The first-order valence-electron chi connectivity index (χ1n) is 16.4. The fourth-order valence-corrected chi connectivity index (χ4v) is 8.44. The molecule has 0 radical (unpaired) electrons. The van der Waals surface area contributed by atoms with E-state index in [1.807, 2.05) is 19.3 Å². The number of carbonyl (C=O) groups is 2. The molecule has 2 unspecified atom stereocenters. The summed E-state index contributed by atoms with van der Waals surface area (Å²) in [6.45, 7) is 19.5. The Morgan fingerprint density at radius 3 is 2.43 bits per heavy atom. The topological polar surface area (TPSA) is 158 Å². The average molecular weight is 616 g/mol. The molecule has 44 heavy (non-hydrogen) atoms. The van der Waals surface area contributed by atoms with Crippen molar-refractivity contribution in [1.29, 1.82) is 0 Å². The van der Waals surface area contributed by atoms with Crippen molar-refractivity contribution in [2.24, 2.45) is 57.1 Å². The number of nitrogens with zero attached hydrogens (tertiary/aromatic N) is 2. The van der Waals surface area contributed by atoms with Crippen molar-refractivity contribution in [2.45, 2.75) is 118 Å². The Kier molecular flexibility index (Phi) is 9.96. The summed E-state index contributed by atoms with van der Waals surface area (Å²) in [5.41, 5.74) is 8.26. The van der Waals surface area contributed by atoms with Crippen LogP contribution in [0.5, 0.6) is 0 Å². The summed E-state index contributed by atoms with van der Waals surface area (Å²) < 4.78 is 13.3. The van der Waals surface area contributed by atoms with Crippen LogP contribution in [0.3, 0.4) is 0 Å². The quantitative estimate of drug-likeness (QED) is 0.0491. The SMILES string of the molecule is CC(C)=CC1C(C(=O)C[C@@H](CCCN=C(N)N[N+](=O)[O-])C(=O)N[C@@H](CC(C)C)B2O[C@@H]3C[C@@H]4C[C@@H](C4(C)C)[C@]3(C)O2)C1(C)C. The van der Waals surface area contributed by atoms with Crippen LogP contribution >= 0.6 is 0 Å². The van der Waals surface area contributed by atoms with Crippen LogP contribution in [0.2, 0.25) is 0 Å². The first-order valence-corrected chi connectivity index (χ1v) is 16.4. The molecule has 0 aromatic rings. The Labute approximate surface area is 263 Å². The Hall–Kier alpha value is -2.47. The van der Waals surface area contributed by atoms with Crippen molar-refractivity contribution in [3.05, 3.63) is 21.8 Å². The van der Waals surface area contributed by atoms with Crippen molar-refractivity contribution in [3.8, 4) is 0 Å². The van der Waals surface area contributed by atoms with Gasteiger partial charge in [0.25, 0.3) is 5.96 Å². The molecule has 0 aromatic heterocycles. The number of allylic oxidation sites excluding steroid dienone is 2. The normalized spacial score (nSPS) is 32.6. The lowest BCUT2D eigenvalue weighted by atomic mass is 9.43. The summed E-state index contributed by atoms with van der Waals surface area (Å²) >= 11 is 0. The van der Waals surface area contributed by atoms with E-state index in [4.69, 9.17) is 15.0 Å². The third-order valence-corrected chi connectivity index (χ3v) is 11.1. The van der Waals surface area contributed by atoms with Crippen LogP contribution in [-0.2, 0) is 18.9 Å². The highest BCUT2D eigenvalue weighted by Gasteiger charge is 2.68. The van der Waals surface area contributed by atoms with E-state index in [-0.39, 0.29) is 76.8 Å². The van der Waals surface area contributed by atoms with Crippen molar-refractivity contribution in [3.63, 3.8) is 0 Å². The maximum Gasteiger partial charge on any atom is 0.481 e. The molecule has 4 N–H and O–H groups in total. The largest absolute Gasteiger partial charge is 0.481 e. The highest BCUT2D eigenvalue weighted by molar-refractivity contribution is 6.47. The van der Waals surface area contributed by atoms with Gasteiger partial charge in [0, 0.05) is 24.8 Å². The van der Waals surface area contributed by atoms with E-state index < -0.39 is 18.1 Å². The fourth-order valence-electron chi connectivity index (χ4n) is 8.44. The van der Waals surface area contributed by atoms with Gasteiger partial charge in [-0.3, -0.25) is 9.59 Å². The number of hydrogen-bond acceptors (Lipinski definition) is 7. The van der Waals surface area contributed by atoms with Crippen molar-refractivity contribution in [1.82, 2.24) is 10.7 Å². The van der Waals surface area contributed by atoms with Crippen LogP contribution in [-0.4, -0.2) is 54.0 Å². The second-order valence-electron chi connectivity index (χ2n) is 15.8. The number of guanidine groups is 1. The van der Waals surface area contributed by atoms with Crippen LogP contribution in [0, 0.1) is 56.5 Å². The maximum atomic E-state index is 14.0. The summed E-state index contributed by atoms with van der Waals surface area (Å²) in [4.78, 5) is 42.3. The summed E-state index contributed by atoms with van der Waals surface area (Å²) in [6.07, 6.45) is 5.94. The number of hydrogen-bond donors (Lipinski definition) is 3. The van der Waals surface area contributed by atoms with E-state index in [0.29, 0.717) is 31.1 Å². The molecule has 246 valence electrons. The van der Waals surface area contributed by atoms with Gasteiger partial charge in [0.2, 0.25) is 5.91 Å². The number of nitro groups is 1. The average Bonchev–Trinajstić information content (AvgIpc) is 3.23. The van der Waals surface area contributed by atoms with Crippen molar-refractivity contribution in [2.75, 3.05) is 6.54 Å². The zero-order chi connectivity index (χ0) is 32.8. The highest BCUT2D eigenvalue weighted by Crippen LogP contribution is 2.66. The molecule has 2 bridgehead atoms. The third-order valence-electron chi connectivity index (χ3n) is 11.1. The second-order valence-corrected chi connectivity index (χ2v) is 15.8. The number of nitrogens with two attached hydrogens (primary N) is 1. The van der Waals surface area contributed by atoms with Gasteiger partial charge in [0.1, 0.15) is 5.78 Å². The maximum absolute atomic E-state index is 14.0. The fraction of sp³-hybridized carbons (Fsp3) is 0.844. The van der Waals surface area contributed by atoms with Crippen molar-refractivity contribution < 1.29 is 23.9 Å². The first-order chi connectivity index (χ1) is 20.4. The minimum absolute atomic E-state index is 0.00779. The zero-order valence-corrected chi connectivity index (χ0v) is 28.1. The molecular weight excluding hydrogens is 561 g/mol. The van der Waals surface area contributed by atoms with Gasteiger partial charge in [-0.2, -0.15) is 0 Å². The molecule has 4 aliphatic carbocycles. The molecule has 12 heteroatoms. The Morgan fingerprint density at radius 2 is 1.84 bits per heavy atom. The number of hydrazine groups is 1. The molecule has 11 nitrogen and oxygen atoms in total. The lowest BCUT2D eigenvalue weighted by molar-refractivity contribution is -0.525. The minimum Gasteiger partial charge on any atom is -0.404 e. The lowest BCUT2D eigenvalue weighted by Gasteiger charge is -2.64. The van der Waals surface area contributed by atoms with E-state index in [1.54, 1.807) is 0 Å². The molecular formula is C32H54BN5O6. The second kappa shape index (κ2) is 12.7. The number of nitrogens with one attached hydrogen (secondary N) is 2. The van der Waals surface area contributed by atoms with Gasteiger partial charge in [0.15, 0.2) is 5.03 Å². The van der Waals surface area contributed by atoms with E-state index >= 15 is 0 Å². The number of amides is 1. The molecule has 5 rings (SSSR count). The smallest absolute Gasteiger partial charge is 0.404 e. The molecule has 1 amide bonds. The number of rotatable bonds is 14. The molecule has 0 aromatic carbocycles. The molecule has 4 saturated carbocycles. The van der Waals surface area contributed by atoms with Gasteiger partial charge in [-0.1, -0.05) is 58.6 Å². The van der Waals surface area contributed by atoms with E-state index in [1.165, 1.54) is 5.57 Å². The number of ketones is 1. The van der Waals surface area contributed by atoms with Crippen LogP contribution in [0.4, 0.5) is 0 Å². The van der Waals surface area contributed by atoms with Crippen LogP contribution in [0.1, 0.15) is 101 Å². The van der Waals surface area contributed by atoms with Gasteiger partial charge in [-0.25, -0.2) is 15.1 Å². The van der Waals surface area contributed by atoms with Crippen LogP contribution < -0.4 is 16.5 Å². The number of carbonyl (C=O) groups excluding carboxylic acids is 2. The predicted octanol–water partition coefficient (Wildman–Crippen LogP) is 4.47. The van der Waals surface area contributed by atoms with Crippen LogP contribution in [0.15, 0.2) is 16.6 Å². The molecule has 1 saturated heterocycles. The monoisotopic (exact) mass is 615 g/mol. The van der Waals surface area contributed by atoms with Gasteiger partial charge in [-0.15, -0.1) is 0 Å². The molecule has 5 aliphatic rings. The predicted molar refractivity (Wildman–Crippen MR) is 171 cm³/mol. The van der Waals surface area contributed by atoms with E-state index in [9.17, 15) is 19.7 Å². The molecule has 1 heterocycles. The van der Waals surface area contributed by atoms with Crippen LogP contribution in [0.25, 0.3) is 0 Å². The molecule has 0 spiro atoms. The third kappa shape index (κ3) is 7.01. The van der Waals surface area contributed by atoms with E-state index in [2.05, 4.69) is 64.9 Å². The first kappa shape index (κ1) is 34.4. The summed E-state index contributed by atoms with van der Waals surface area (Å²) in [5, 5.41) is 13.1. The standard InChI is InChI=1S/C32H54BN5O6/c1-18(2)13-22-27(31(22,7)8)23(39)15-20(11-10-12-35-29(34)37-38(41)42)28(40)36-26(14-19(3)4)33-43-25-17-21-16-24(30(21,5)6)32(25,9)44-33/h13,19-22,24-27H,10-12,14-17H2,1-9H3,(H,36,40)(H3,34,35,37)/t20-,21+,22?,24+,25-,26+,27?,32+/m1/s1. The summed E-state index contributed by atoms with van der Waals surface area (Å²) in [7, 11) is -0.551. The minimum atomic E-state index is -0.767. The number of aliphatic imine (C=N–C) groups is 1. The van der Waals surface area contributed by atoms with E-state index in [0.717, 1.165) is 12.8 Å². The van der Waals surface area contributed by atoms with Crippen molar-refractivity contribution >= 4 is 24.8 Å². The van der Waals surface area contributed by atoms with Gasteiger partial charge >= 0.3 is 7.12 Å². The highest BCUT2D eigenvalue weighted by atomic mass is 16.7. The molecule has 5 fully saturated rings. The Morgan fingerprint density at radius 1 is 1.16 bits per heavy atom. The van der Waals surface area contributed by atoms with Gasteiger partial charge < -0.3 is 20.4 Å². The Balaban J connectivity index is 1.48. The molecule has 8 atom stereocenters. The molecule has 1 aliphatic heterocycles. The lowest BCUT2D eigenvalue weighted by Crippen LogP contribution is -2.65. The zero-order valence-electron chi connectivity index (χ0n) is 28.1. The summed E-state index contributed by atoms with van der Waals surface area (Å²) in [6, 6.07) is 0. The van der Waals surface area contributed by atoms with Gasteiger partial charge in [-0.05, 0) is 87.4 Å². The number of Topliss-reactive ketones (excluding diaryl/α,β-unsaturated/α-hetero) is 1. The summed E-state index contributed by atoms with van der Waals surface area (Å²) in [5.74, 6) is 0.0355.